The van der Waals surface area contributed by atoms with Gasteiger partial charge in [0.2, 0.25) is 0 Å². The van der Waals surface area contributed by atoms with Gasteiger partial charge in [0, 0.05) is 10.9 Å². The quantitative estimate of drug-likeness (QED) is 0.592. The highest BCUT2D eigenvalue weighted by Gasteiger charge is 2.56. The zero-order chi connectivity index (χ0) is 18.4. The van der Waals surface area contributed by atoms with Gasteiger partial charge in [-0.15, -0.1) is 0 Å². The molecule has 1 aliphatic heterocycles. The molecule has 2 unspecified atom stereocenters. The maximum Gasteiger partial charge on any atom is 0.338 e. The summed E-state index contributed by atoms with van der Waals surface area (Å²) in [6.07, 6.45) is 1.96. The normalized spacial score (nSPS) is 25.7. The Hall–Kier alpha value is -1.81. The Balaban J connectivity index is 1.83. The van der Waals surface area contributed by atoms with Crippen molar-refractivity contribution in [1.29, 1.82) is 0 Å². The first-order valence-electron chi connectivity index (χ1n) is 8.46. The average Bonchev–Trinajstić information content (AvgIpc) is 2.95. The predicted octanol–water partition coefficient (Wildman–Crippen LogP) is 4.35. The van der Waals surface area contributed by atoms with Crippen molar-refractivity contribution in [2.24, 2.45) is 11.3 Å². The van der Waals surface area contributed by atoms with Crippen LogP contribution in [0.25, 0.3) is 0 Å². The Morgan fingerprint density at radius 1 is 1.44 bits per heavy atom. The number of cyclic esters (lactones) is 1. The molecule has 3 rings (SSSR count). The maximum absolute atomic E-state index is 12.4. The number of esters is 2. The Morgan fingerprint density at radius 3 is 2.80 bits per heavy atom. The molecule has 0 radical (unpaired) electrons. The maximum atomic E-state index is 12.4. The Kier molecular flexibility index (Phi) is 4.44. The molecule has 25 heavy (non-hydrogen) atoms. The summed E-state index contributed by atoms with van der Waals surface area (Å²) in [5.41, 5.74) is 1.21. The summed E-state index contributed by atoms with van der Waals surface area (Å²) in [7, 11) is 0. The molecule has 1 heterocycles. The summed E-state index contributed by atoms with van der Waals surface area (Å²) in [6, 6.07) is 5.12. The topological polar surface area (TPSA) is 52.6 Å². The summed E-state index contributed by atoms with van der Waals surface area (Å²) in [5.74, 6) is -0.413. The number of halogens is 1. The number of carbonyl (C=O) groups is 2. The largest absolute Gasteiger partial charge is 0.465 e. The molecule has 2 fully saturated rings. The number of rotatable bonds is 3. The first kappa shape index (κ1) is 18.0. The molecular weight excluding hydrogens is 340 g/mol. The number of carbonyl (C=O) groups excluding carboxylic acids is 2. The highest BCUT2D eigenvalue weighted by atomic mass is 35.5. The van der Waals surface area contributed by atoms with Gasteiger partial charge in [0.25, 0.3) is 0 Å². The van der Waals surface area contributed by atoms with E-state index in [4.69, 9.17) is 21.1 Å². The third kappa shape index (κ3) is 3.45. The monoisotopic (exact) mass is 362 g/mol. The first-order valence-corrected chi connectivity index (χ1v) is 8.84. The number of hydrogen-bond donors (Lipinski definition) is 0. The zero-order valence-corrected chi connectivity index (χ0v) is 15.6. The molecule has 0 bridgehead atoms. The summed E-state index contributed by atoms with van der Waals surface area (Å²) in [5, 5.41) is 0.466. The van der Waals surface area contributed by atoms with Crippen LogP contribution >= 0.6 is 11.6 Å². The molecule has 4 nitrogen and oxygen atoms in total. The van der Waals surface area contributed by atoms with Crippen molar-refractivity contribution in [3.05, 3.63) is 46.5 Å². The smallest absolute Gasteiger partial charge is 0.338 e. The molecule has 1 aromatic rings. The van der Waals surface area contributed by atoms with Gasteiger partial charge in [-0.2, -0.15) is 0 Å². The summed E-state index contributed by atoms with van der Waals surface area (Å²) < 4.78 is 10.7. The second-order valence-corrected chi connectivity index (χ2v) is 8.47. The lowest BCUT2D eigenvalue weighted by Gasteiger charge is -2.25. The van der Waals surface area contributed by atoms with Gasteiger partial charge in [-0.1, -0.05) is 29.8 Å². The molecule has 1 aliphatic carbocycles. The number of benzene rings is 1. The number of allylic oxidation sites excluding steroid dienone is 1. The molecular formula is C20H23ClO4. The van der Waals surface area contributed by atoms with E-state index in [1.54, 1.807) is 18.2 Å². The summed E-state index contributed by atoms with van der Waals surface area (Å²) >= 11 is 6.41. The van der Waals surface area contributed by atoms with Crippen LogP contribution in [-0.2, 0) is 20.7 Å². The van der Waals surface area contributed by atoms with E-state index in [1.807, 2.05) is 20.8 Å². The van der Waals surface area contributed by atoms with Gasteiger partial charge in [0.1, 0.15) is 5.60 Å². The van der Waals surface area contributed by atoms with Crippen molar-refractivity contribution in [2.75, 3.05) is 6.61 Å². The van der Waals surface area contributed by atoms with Crippen LogP contribution < -0.4 is 0 Å². The van der Waals surface area contributed by atoms with Crippen molar-refractivity contribution >= 4 is 23.5 Å². The molecule has 1 saturated carbocycles. The lowest BCUT2D eigenvalue weighted by Crippen LogP contribution is -2.31. The van der Waals surface area contributed by atoms with Crippen LogP contribution in [0.15, 0.2) is 30.4 Å². The van der Waals surface area contributed by atoms with Crippen LogP contribution in [0, 0.1) is 11.3 Å². The molecule has 0 amide bonds. The third-order valence-electron chi connectivity index (χ3n) is 4.90. The van der Waals surface area contributed by atoms with Gasteiger partial charge >= 0.3 is 11.9 Å². The van der Waals surface area contributed by atoms with Gasteiger partial charge in [-0.3, -0.25) is 4.79 Å². The van der Waals surface area contributed by atoms with E-state index >= 15 is 0 Å². The average molecular weight is 363 g/mol. The fourth-order valence-corrected chi connectivity index (χ4v) is 4.00. The van der Waals surface area contributed by atoms with Crippen LogP contribution in [0.3, 0.4) is 0 Å². The number of hydrogen-bond acceptors (Lipinski definition) is 4. The first-order chi connectivity index (χ1) is 11.6. The van der Waals surface area contributed by atoms with E-state index < -0.39 is 17.0 Å². The molecule has 134 valence electrons. The zero-order valence-electron chi connectivity index (χ0n) is 14.9. The molecule has 5 heteroatoms. The van der Waals surface area contributed by atoms with Crippen LogP contribution in [0.4, 0.5) is 0 Å². The SMILES string of the molecule is C=C1CC2COC(=O)C2(Cc2ccc(C(=O)OC(C)(C)C)cc2Cl)C1. The van der Waals surface area contributed by atoms with Gasteiger partial charge < -0.3 is 9.47 Å². The Labute approximate surface area is 153 Å². The van der Waals surface area contributed by atoms with Crippen molar-refractivity contribution < 1.29 is 19.1 Å². The van der Waals surface area contributed by atoms with E-state index in [0.29, 0.717) is 30.0 Å². The van der Waals surface area contributed by atoms with E-state index in [-0.39, 0.29) is 11.9 Å². The van der Waals surface area contributed by atoms with Crippen molar-refractivity contribution in [2.45, 2.75) is 45.6 Å². The minimum atomic E-state index is -0.563. The standard InChI is InChI=1S/C20H23ClO4/c1-12-7-15-11-24-18(23)20(15,9-12)10-14-6-5-13(8-16(14)21)17(22)25-19(2,3)4/h5-6,8,15H,1,7,9-11H2,2-4H3. The molecule has 0 aromatic heterocycles. The van der Waals surface area contributed by atoms with Gasteiger partial charge in [0.05, 0.1) is 17.6 Å². The van der Waals surface area contributed by atoms with Crippen molar-refractivity contribution in [1.82, 2.24) is 0 Å². The fraction of sp³-hybridized carbons (Fsp3) is 0.500. The van der Waals surface area contributed by atoms with E-state index in [2.05, 4.69) is 6.58 Å². The molecule has 1 saturated heterocycles. The van der Waals surface area contributed by atoms with Gasteiger partial charge in [-0.25, -0.2) is 4.79 Å². The fourth-order valence-electron chi connectivity index (χ4n) is 3.76. The van der Waals surface area contributed by atoms with Crippen molar-refractivity contribution in [3.63, 3.8) is 0 Å². The van der Waals surface area contributed by atoms with Crippen LogP contribution in [0.2, 0.25) is 5.02 Å². The Morgan fingerprint density at radius 2 is 2.16 bits per heavy atom. The molecule has 2 aliphatic rings. The van der Waals surface area contributed by atoms with Gasteiger partial charge in [0.15, 0.2) is 0 Å². The highest BCUT2D eigenvalue weighted by molar-refractivity contribution is 6.31. The van der Waals surface area contributed by atoms with Crippen LogP contribution in [0.1, 0.15) is 49.5 Å². The lowest BCUT2D eigenvalue weighted by atomic mass is 9.75. The molecule has 2 atom stereocenters. The van der Waals surface area contributed by atoms with Crippen LogP contribution in [-0.4, -0.2) is 24.1 Å². The summed E-state index contributed by atoms with van der Waals surface area (Å²) in [4.78, 5) is 24.6. The minimum absolute atomic E-state index is 0.161. The number of ether oxygens (including phenoxy) is 2. The second-order valence-electron chi connectivity index (χ2n) is 8.07. The third-order valence-corrected chi connectivity index (χ3v) is 5.25. The van der Waals surface area contributed by atoms with Gasteiger partial charge in [-0.05, 0) is 57.7 Å². The van der Waals surface area contributed by atoms with Crippen molar-refractivity contribution in [3.8, 4) is 0 Å². The van der Waals surface area contributed by atoms with E-state index in [1.165, 1.54) is 0 Å². The number of fused-ring (bicyclic) bond motifs is 1. The molecule has 0 N–H and O–H groups in total. The predicted molar refractivity (Wildman–Crippen MR) is 95.6 cm³/mol. The molecule has 0 spiro atoms. The highest BCUT2D eigenvalue weighted by Crippen LogP contribution is 2.52. The summed E-state index contributed by atoms with van der Waals surface area (Å²) in [6.45, 7) is 9.95. The van der Waals surface area contributed by atoms with E-state index in [0.717, 1.165) is 17.6 Å². The van der Waals surface area contributed by atoms with E-state index in [9.17, 15) is 9.59 Å². The lowest BCUT2D eigenvalue weighted by molar-refractivity contribution is -0.146. The minimum Gasteiger partial charge on any atom is -0.465 e. The molecule has 1 aromatic carbocycles. The second kappa shape index (κ2) is 6.17. The Bertz CT molecular complexity index is 747. The van der Waals surface area contributed by atoms with Crippen LogP contribution in [0.5, 0.6) is 0 Å².